The summed E-state index contributed by atoms with van der Waals surface area (Å²) in [5.74, 6) is -0.207. The van der Waals surface area contributed by atoms with E-state index in [0.717, 1.165) is 15.4 Å². The van der Waals surface area contributed by atoms with Gasteiger partial charge in [-0.15, -0.1) is 0 Å². The van der Waals surface area contributed by atoms with Crippen LogP contribution in [0.4, 0.5) is 5.69 Å². The Kier molecular flexibility index (Phi) is 9.90. The Labute approximate surface area is 225 Å². The van der Waals surface area contributed by atoms with Crippen LogP contribution in [0.25, 0.3) is 0 Å². The van der Waals surface area contributed by atoms with Crippen molar-refractivity contribution in [3.63, 3.8) is 0 Å². The molecule has 1 atom stereocenters. The third-order valence-electron chi connectivity index (χ3n) is 6.31. The molecule has 3 aromatic rings. The van der Waals surface area contributed by atoms with E-state index in [1.54, 1.807) is 42.5 Å². The van der Waals surface area contributed by atoms with Gasteiger partial charge in [0.2, 0.25) is 11.8 Å². The lowest BCUT2D eigenvalue weighted by atomic mass is 10.1. The zero-order chi connectivity index (χ0) is 27.7. The Balaban J connectivity index is 2.06. The molecule has 3 aromatic carbocycles. The van der Waals surface area contributed by atoms with Crippen molar-refractivity contribution in [2.75, 3.05) is 24.5 Å². The van der Waals surface area contributed by atoms with Gasteiger partial charge in [0.05, 0.1) is 17.7 Å². The molecule has 1 N–H and O–H groups in total. The van der Waals surface area contributed by atoms with Crippen molar-refractivity contribution in [1.29, 1.82) is 0 Å². The number of methoxy groups -OCH3 is 1. The fraction of sp³-hybridized carbons (Fsp3) is 0.310. The predicted octanol–water partition coefficient (Wildman–Crippen LogP) is 4.14. The molecule has 0 heterocycles. The average molecular weight is 538 g/mol. The lowest BCUT2D eigenvalue weighted by Crippen LogP contribution is -2.52. The van der Waals surface area contributed by atoms with Crippen molar-refractivity contribution < 1.29 is 22.7 Å². The lowest BCUT2D eigenvalue weighted by Gasteiger charge is -2.33. The largest absolute Gasteiger partial charge is 0.497 e. The normalized spacial score (nSPS) is 11.9. The standard InChI is InChI=1S/C29H35N3O5S/c1-5-27(29(34)30-6-2)31(20-23-13-11-10-12-22(23)3)28(33)21-32(24-16-18-25(37-4)19-17-24)38(35,36)26-14-8-7-9-15-26/h7-19,27H,5-6,20-21H2,1-4H3,(H,30,34). The molecule has 0 aliphatic carbocycles. The summed E-state index contributed by atoms with van der Waals surface area (Å²) in [6.45, 7) is 5.70. The fourth-order valence-electron chi connectivity index (χ4n) is 4.18. The minimum Gasteiger partial charge on any atom is -0.497 e. The number of aryl methyl sites for hydroxylation is 1. The molecule has 0 aromatic heterocycles. The van der Waals surface area contributed by atoms with Gasteiger partial charge in [-0.1, -0.05) is 49.4 Å². The van der Waals surface area contributed by atoms with Crippen LogP contribution in [-0.2, 0) is 26.2 Å². The fourth-order valence-corrected chi connectivity index (χ4v) is 5.61. The van der Waals surface area contributed by atoms with Crippen molar-refractivity contribution in [3.05, 3.63) is 90.0 Å². The molecule has 202 valence electrons. The van der Waals surface area contributed by atoms with E-state index >= 15 is 0 Å². The highest BCUT2D eigenvalue weighted by Gasteiger charge is 2.33. The number of hydrogen-bond donors (Lipinski definition) is 1. The first-order valence-corrected chi connectivity index (χ1v) is 14.0. The molecule has 8 nitrogen and oxygen atoms in total. The summed E-state index contributed by atoms with van der Waals surface area (Å²) in [6, 6.07) is 21.3. The third kappa shape index (κ3) is 6.72. The van der Waals surface area contributed by atoms with Crippen LogP contribution < -0.4 is 14.4 Å². The second-order valence-electron chi connectivity index (χ2n) is 8.79. The summed E-state index contributed by atoms with van der Waals surface area (Å²) in [5, 5.41) is 2.81. The van der Waals surface area contributed by atoms with Gasteiger partial charge in [-0.05, 0) is 67.8 Å². The van der Waals surface area contributed by atoms with Gasteiger partial charge in [-0.25, -0.2) is 8.42 Å². The van der Waals surface area contributed by atoms with E-state index in [1.807, 2.05) is 45.0 Å². The van der Waals surface area contributed by atoms with E-state index in [-0.39, 0.29) is 17.3 Å². The van der Waals surface area contributed by atoms with E-state index in [0.29, 0.717) is 24.4 Å². The van der Waals surface area contributed by atoms with Crippen LogP contribution in [-0.4, -0.2) is 51.4 Å². The van der Waals surface area contributed by atoms with Crippen LogP contribution in [0.15, 0.2) is 83.8 Å². The Bertz CT molecular complexity index is 1330. The maximum absolute atomic E-state index is 14.0. The number of carbonyl (C=O) groups excluding carboxylic acids is 2. The molecule has 38 heavy (non-hydrogen) atoms. The van der Waals surface area contributed by atoms with Gasteiger partial charge in [0.25, 0.3) is 10.0 Å². The topological polar surface area (TPSA) is 96.0 Å². The van der Waals surface area contributed by atoms with Crippen LogP contribution in [0.5, 0.6) is 5.75 Å². The number of rotatable bonds is 12. The monoisotopic (exact) mass is 537 g/mol. The van der Waals surface area contributed by atoms with Crippen LogP contribution in [0.2, 0.25) is 0 Å². The Morgan fingerprint density at radius 3 is 2.13 bits per heavy atom. The molecule has 0 spiro atoms. The highest BCUT2D eigenvalue weighted by Crippen LogP contribution is 2.27. The Hall–Kier alpha value is -3.85. The summed E-state index contributed by atoms with van der Waals surface area (Å²) in [7, 11) is -2.58. The van der Waals surface area contributed by atoms with Crippen molar-refractivity contribution in [2.24, 2.45) is 0 Å². The second kappa shape index (κ2) is 13.1. The number of hydrogen-bond acceptors (Lipinski definition) is 5. The molecular formula is C29H35N3O5S. The minimum atomic E-state index is -4.10. The number of nitrogens with zero attached hydrogens (tertiary/aromatic N) is 2. The van der Waals surface area contributed by atoms with Crippen molar-refractivity contribution >= 4 is 27.5 Å². The van der Waals surface area contributed by atoms with Crippen molar-refractivity contribution in [3.8, 4) is 5.75 Å². The first-order chi connectivity index (χ1) is 18.2. The molecule has 0 radical (unpaired) electrons. The zero-order valence-electron chi connectivity index (χ0n) is 22.3. The van der Waals surface area contributed by atoms with Crippen LogP contribution in [0, 0.1) is 6.92 Å². The number of anilines is 1. The van der Waals surface area contributed by atoms with Crippen LogP contribution in [0.1, 0.15) is 31.4 Å². The van der Waals surface area contributed by atoms with Gasteiger partial charge in [0.15, 0.2) is 0 Å². The summed E-state index contributed by atoms with van der Waals surface area (Å²) < 4.78 is 33.9. The number of likely N-dealkylation sites (N-methyl/N-ethyl adjacent to an activating group) is 1. The Morgan fingerprint density at radius 1 is 0.921 bits per heavy atom. The number of nitrogens with one attached hydrogen (secondary N) is 1. The molecule has 0 bridgehead atoms. The average Bonchev–Trinajstić information content (AvgIpc) is 2.93. The highest BCUT2D eigenvalue weighted by molar-refractivity contribution is 7.92. The smallest absolute Gasteiger partial charge is 0.264 e. The summed E-state index contributed by atoms with van der Waals surface area (Å²) in [4.78, 5) is 28.5. The van der Waals surface area contributed by atoms with Gasteiger partial charge in [-0.2, -0.15) is 0 Å². The second-order valence-corrected chi connectivity index (χ2v) is 10.7. The maximum atomic E-state index is 14.0. The minimum absolute atomic E-state index is 0.0600. The number of amides is 2. The molecule has 0 aliphatic heterocycles. The molecule has 2 amide bonds. The summed E-state index contributed by atoms with van der Waals surface area (Å²) in [5.41, 5.74) is 2.16. The number of benzene rings is 3. The maximum Gasteiger partial charge on any atom is 0.264 e. The Morgan fingerprint density at radius 2 is 1.55 bits per heavy atom. The number of sulfonamides is 1. The summed E-state index contributed by atoms with van der Waals surface area (Å²) >= 11 is 0. The quantitative estimate of drug-likeness (QED) is 0.375. The van der Waals surface area contributed by atoms with Crippen molar-refractivity contribution in [1.82, 2.24) is 10.2 Å². The predicted molar refractivity (Wildman–Crippen MR) is 148 cm³/mol. The van der Waals surface area contributed by atoms with Gasteiger partial charge in [-0.3, -0.25) is 13.9 Å². The lowest BCUT2D eigenvalue weighted by molar-refractivity contribution is -0.140. The van der Waals surface area contributed by atoms with E-state index in [9.17, 15) is 18.0 Å². The van der Waals surface area contributed by atoms with E-state index in [4.69, 9.17) is 4.74 Å². The van der Waals surface area contributed by atoms with Crippen LogP contribution in [0.3, 0.4) is 0 Å². The van der Waals surface area contributed by atoms with Gasteiger partial charge < -0.3 is 15.0 Å². The molecule has 3 rings (SSSR count). The first kappa shape index (κ1) is 28.7. The SMILES string of the molecule is CCNC(=O)C(CC)N(Cc1ccccc1C)C(=O)CN(c1ccc(OC)cc1)S(=O)(=O)c1ccccc1. The van der Waals surface area contributed by atoms with Gasteiger partial charge >= 0.3 is 0 Å². The first-order valence-electron chi connectivity index (χ1n) is 12.6. The molecule has 0 saturated carbocycles. The molecule has 1 unspecified atom stereocenters. The molecule has 9 heteroatoms. The highest BCUT2D eigenvalue weighted by atomic mass is 32.2. The van der Waals surface area contributed by atoms with Crippen molar-refractivity contribution in [2.45, 2.75) is 44.7 Å². The molecular weight excluding hydrogens is 502 g/mol. The van der Waals surface area contributed by atoms with E-state index in [1.165, 1.54) is 24.1 Å². The number of carbonyl (C=O) groups is 2. The zero-order valence-corrected chi connectivity index (χ0v) is 23.1. The van der Waals surface area contributed by atoms with Gasteiger partial charge in [0, 0.05) is 13.1 Å². The number of ether oxygens (including phenoxy) is 1. The van der Waals surface area contributed by atoms with Crippen LogP contribution >= 0.6 is 0 Å². The molecule has 0 fully saturated rings. The summed E-state index contributed by atoms with van der Waals surface area (Å²) in [6.07, 6.45) is 0.372. The molecule has 0 saturated heterocycles. The van der Waals surface area contributed by atoms with Gasteiger partial charge in [0.1, 0.15) is 18.3 Å². The van der Waals surface area contributed by atoms with E-state index in [2.05, 4.69) is 5.32 Å². The third-order valence-corrected chi connectivity index (χ3v) is 8.10. The van der Waals surface area contributed by atoms with E-state index < -0.39 is 28.5 Å². The molecule has 0 aliphatic rings.